The second-order valence-electron chi connectivity index (χ2n) is 5.89. The number of aromatic nitrogens is 2. The lowest BCUT2D eigenvalue weighted by Crippen LogP contribution is -2.16. The van der Waals surface area contributed by atoms with Gasteiger partial charge >= 0.3 is 0 Å². The quantitative estimate of drug-likeness (QED) is 0.764. The lowest BCUT2D eigenvalue weighted by atomic mass is 10.1. The van der Waals surface area contributed by atoms with Gasteiger partial charge in [-0.1, -0.05) is 26.0 Å². The van der Waals surface area contributed by atoms with Crippen LogP contribution in [0.4, 0.5) is 10.2 Å². The van der Waals surface area contributed by atoms with Gasteiger partial charge in [0, 0.05) is 12.6 Å². The number of halogens is 1. The Bertz CT molecular complexity index is 851. The highest BCUT2D eigenvalue weighted by Crippen LogP contribution is 2.25. The number of nitrogens with one attached hydrogen (secondary N) is 1. The van der Waals surface area contributed by atoms with Crippen LogP contribution in [0.3, 0.4) is 0 Å². The Balaban J connectivity index is 1.78. The zero-order chi connectivity index (χ0) is 17.1. The van der Waals surface area contributed by atoms with Crippen molar-refractivity contribution in [1.29, 1.82) is 0 Å². The zero-order valence-electron chi connectivity index (χ0n) is 13.5. The number of nitrogens with zero attached hydrogens (tertiary/aromatic N) is 2. The van der Waals surface area contributed by atoms with Gasteiger partial charge in [-0.3, -0.25) is 4.79 Å². The van der Waals surface area contributed by atoms with Gasteiger partial charge in [0.15, 0.2) is 5.76 Å². The average molecular weight is 327 g/mol. The van der Waals surface area contributed by atoms with Crippen LogP contribution in [0, 0.1) is 11.7 Å². The predicted molar refractivity (Wildman–Crippen MR) is 89.1 cm³/mol. The SMILES string of the molecule is CC(C)Cn1nccc1NC(=O)c1ccc(-c2ccccc2F)o1. The molecular formula is C18H18FN3O2. The Morgan fingerprint density at radius 2 is 2.04 bits per heavy atom. The minimum Gasteiger partial charge on any atom is -0.451 e. The van der Waals surface area contributed by atoms with Crippen LogP contribution in [0.5, 0.6) is 0 Å². The zero-order valence-corrected chi connectivity index (χ0v) is 13.5. The number of hydrogen-bond acceptors (Lipinski definition) is 3. The van der Waals surface area contributed by atoms with Gasteiger partial charge in [-0.05, 0) is 30.2 Å². The molecule has 2 heterocycles. The molecule has 1 amide bonds. The van der Waals surface area contributed by atoms with Crippen LogP contribution in [-0.4, -0.2) is 15.7 Å². The lowest BCUT2D eigenvalue weighted by Gasteiger charge is -2.10. The molecule has 1 N–H and O–H groups in total. The molecule has 0 aliphatic rings. The smallest absolute Gasteiger partial charge is 0.292 e. The van der Waals surface area contributed by atoms with Crippen LogP contribution in [0.15, 0.2) is 53.1 Å². The fourth-order valence-corrected chi connectivity index (χ4v) is 2.37. The molecule has 1 aromatic carbocycles. The summed E-state index contributed by atoms with van der Waals surface area (Å²) in [6.45, 7) is 4.84. The fraction of sp³-hybridized carbons (Fsp3) is 0.222. The maximum Gasteiger partial charge on any atom is 0.292 e. The van der Waals surface area contributed by atoms with E-state index in [2.05, 4.69) is 24.3 Å². The van der Waals surface area contributed by atoms with Crippen LogP contribution in [-0.2, 0) is 6.54 Å². The van der Waals surface area contributed by atoms with Gasteiger partial charge in [0.05, 0.1) is 11.8 Å². The number of furan rings is 1. The molecule has 2 aromatic heterocycles. The third-order valence-electron chi connectivity index (χ3n) is 3.47. The number of rotatable bonds is 5. The number of carbonyl (C=O) groups is 1. The van der Waals surface area contributed by atoms with Crippen molar-refractivity contribution < 1.29 is 13.6 Å². The van der Waals surface area contributed by atoms with Crippen molar-refractivity contribution in [1.82, 2.24) is 9.78 Å². The van der Waals surface area contributed by atoms with Gasteiger partial charge in [0.1, 0.15) is 17.4 Å². The van der Waals surface area contributed by atoms with E-state index in [1.165, 1.54) is 12.1 Å². The van der Waals surface area contributed by atoms with Crippen molar-refractivity contribution in [2.45, 2.75) is 20.4 Å². The van der Waals surface area contributed by atoms with E-state index in [9.17, 15) is 9.18 Å². The maximum atomic E-state index is 13.8. The van der Waals surface area contributed by atoms with E-state index in [1.807, 2.05) is 0 Å². The highest BCUT2D eigenvalue weighted by Gasteiger charge is 2.16. The van der Waals surface area contributed by atoms with E-state index in [0.717, 1.165) is 0 Å². The first kappa shape index (κ1) is 16.0. The summed E-state index contributed by atoms with van der Waals surface area (Å²) in [5.74, 6) is 0.630. The van der Waals surface area contributed by atoms with Crippen molar-refractivity contribution >= 4 is 11.7 Å². The molecule has 0 saturated heterocycles. The van der Waals surface area contributed by atoms with Crippen LogP contribution in [0.25, 0.3) is 11.3 Å². The molecule has 124 valence electrons. The van der Waals surface area contributed by atoms with Crippen LogP contribution in [0.2, 0.25) is 0 Å². The summed E-state index contributed by atoms with van der Waals surface area (Å²) in [5.41, 5.74) is 0.321. The molecule has 0 saturated carbocycles. The molecule has 5 nitrogen and oxygen atoms in total. The Morgan fingerprint density at radius 3 is 2.79 bits per heavy atom. The fourth-order valence-electron chi connectivity index (χ4n) is 2.37. The van der Waals surface area contributed by atoms with Gasteiger partial charge in [-0.2, -0.15) is 5.10 Å². The molecule has 0 unspecified atom stereocenters. The number of hydrogen-bond donors (Lipinski definition) is 1. The standard InChI is InChI=1S/C18H18FN3O2/c1-12(2)11-22-17(9-10-20-22)21-18(23)16-8-7-15(24-16)13-5-3-4-6-14(13)19/h3-10,12H,11H2,1-2H3,(H,21,23). The van der Waals surface area contributed by atoms with Crippen LogP contribution < -0.4 is 5.32 Å². The first-order valence-electron chi connectivity index (χ1n) is 7.72. The Labute approximate surface area is 139 Å². The summed E-state index contributed by atoms with van der Waals surface area (Å²) in [4.78, 5) is 12.3. The highest BCUT2D eigenvalue weighted by molar-refractivity contribution is 6.02. The summed E-state index contributed by atoms with van der Waals surface area (Å²) >= 11 is 0. The van der Waals surface area contributed by atoms with Gasteiger partial charge in [0.2, 0.25) is 0 Å². The molecular weight excluding hydrogens is 309 g/mol. The molecule has 0 aliphatic carbocycles. The molecule has 24 heavy (non-hydrogen) atoms. The Morgan fingerprint density at radius 1 is 1.25 bits per heavy atom. The van der Waals surface area contributed by atoms with Crippen LogP contribution in [0.1, 0.15) is 24.4 Å². The second-order valence-corrected chi connectivity index (χ2v) is 5.89. The molecule has 0 radical (unpaired) electrons. The van der Waals surface area contributed by atoms with E-state index in [4.69, 9.17) is 4.42 Å². The third-order valence-corrected chi connectivity index (χ3v) is 3.47. The number of benzene rings is 1. The number of amides is 1. The molecule has 3 rings (SSSR count). The van der Waals surface area contributed by atoms with Gasteiger partial charge in [0.25, 0.3) is 5.91 Å². The van der Waals surface area contributed by atoms with Crippen molar-refractivity contribution in [3.63, 3.8) is 0 Å². The Kier molecular flexibility index (Phi) is 4.46. The maximum absolute atomic E-state index is 13.8. The van der Waals surface area contributed by atoms with E-state index >= 15 is 0 Å². The highest BCUT2D eigenvalue weighted by atomic mass is 19.1. The topological polar surface area (TPSA) is 60.1 Å². The minimum atomic E-state index is -0.400. The summed E-state index contributed by atoms with van der Waals surface area (Å²) in [6.07, 6.45) is 1.63. The predicted octanol–water partition coefficient (Wildman–Crippen LogP) is 4.19. The Hall–Kier alpha value is -2.89. The molecule has 3 aromatic rings. The summed E-state index contributed by atoms with van der Waals surface area (Å²) in [5, 5.41) is 6.95. The first-order valence-corrected chi connectivity index (χ1v) is 7.72. The van der Waals surface area contributed by atoms with Crippen molar-refractivity contribution in [3.05, 3.63) is 60.2 Å². The number of carbonyl (C=O) groups excluding carboxylic acids is 1. The summed E-state index contributed by atoms with van der Waals surface area (Å²) in [7, 11) is 0. The lowest BCUT2D eigenvalue weighted by molar-refractivity contribution is 0.0996. The monoisotopic (exact) mass is 327 g/mol. The number of anilines is 1. The van der Waals surface area contributed by atoms with E-state index in [-0.39, 0.29) is 5.76 Å². The van der Waals surface area contributed by atoms with Gasteiger partial charge < -0.3 is 9.73 Å². The molecule has 0 fully saturated rings. The summed E-state index contributed by atoms with van der Waals surface area (Å²) < 4.78 is 21.0. The minimum absolute atomic E-state index is 0.116. The largest absolute Gasteiger partial charge is 0.451 e. The van der Waals surface area contributed by atoms with Crippen molar-refractivity contribution in [2.75, 3.05) is 5.32 Å². The molecule has 0 aliphatic heterocycles. The van der Waals surface area contributed by atoms with E-state index < -0.39 is 11.7 Å². The third kappa shape index (κ3) is 3.37. The summed E-state index contributed by atoms with van der Waals surface area (Å²) in [6, 6.07) is 11.1. The average Bonchev–Trinajstić information content (AvgIpc) is 3.17. The molecule has 0 atom stereocenters. The van der Waals surface area contributed by atoms with Crippen molar-refractivity contribution in [2.24, 2.45) is 5.92 Å². The first-order chi connectivity index (χ1) is 11.5. The molecule has 0 spiro atoms. The molecule has 0 bridgehead atoms. The second kappa shape index (κ2) is 6.70. The molecule has 6 heteroatoms. The van der Waals surface area contributed by atoms with Gasteiger partial charge in [-0.25, -0.2) is 9.07 Å². The normalized spacial score (nSPS) is 11.0. The van der Waals surface area contributed by atoms with E-state index in [0.29, 0.717) is 29.6 Å². The van der Waals surface area contributed by atoms with Crippen molar-refractivity contribution in [3.8, 4) is 11.3 Å². The van der Waals surface area contributed by atoms with E-state index in [1.54, 1.807) is 41.2 Å². The van der Waals surface area contributed by atoms with Gasteiger partial charge in [-0.15, -0.1) is 0 Å². The van der Waals surface area contributed by atoms with Crippen LogP contribution >= 0.6 is 0 Å².